The second kappa shape index (κ2) is 8.60. The molecule has 0 aliphatic heterocycles. The lowest BCUT2D eigenvalue weighted by Crippen LogP contribution is -2.17. The third kappa shape index (κ3) is 5.98. The van der Waals surface area contributed by atoms with Gasteiger partial charge in [-0.1, -0.05) is 12.1 Å². The Hall–Kier alpha value is -2.70. The summed E-state index contributed by atoms with van der Waals surface area (Å²) < 4.78 is 43.2. The third-order valence-corrected chi connectivity index (χ3v) is 3.41. The summed E-state index contributed by atoms with van der Waals surface area (Å²) in [6.07, 6.45) is -4.20. The minimum absolute atomic E-state index is 0.0286. The fourth-order valence-electron chi connectivity index (χ4n) is 2.25. The van der Waals surface area contributed by atoms with Gasteiger partial charge in [0.05, 0.1) is 17.4 Å². The molecule has 4 nitrogen and oxygen atoms in total. The van der Waals surface area contributed by atoms with Crippen LogP contribution in [0, 0.1) is 0 Å². The number of rotatable bonds is 7. The van der Waals surface area contributed by atoms with Gasteiger partial charge in [0.2, 0.25) is 5.91 Å². The normalized spacial score (nSPS) is 11.3. The maximum Gasteiger partial charge on any atom is 0.416 e. The summed E-state index contributed by atoms with van der Waals surface area (Å²) in [7, 11) is 0. The van der Waals surface area contributed by atoms with Crippen LogP contribution in [0.5, 0.6) is 5.75 Å². The molecule has 2 aromatic rings. The minimum atomic E-state index is -4.39. The molecule has 0 saturated heterocycles. The molecule has 0 saturated carbocycles. The molecule has 0 aromatic heterocycles. The molecule has 2 aromatic carbocycles. The van der Waals surface area contributed by atoms with Crippen LogP contribution >= 0.6 is 0 Å². The summed E-state index contributed by atoms with van der Waals surface area (Å²) in [6, 6.07) is 11.8. The molecule has 0 radical (unpaired) electrons. The zero-order valence-electron chi connectivity index (χ0n) is 14.6. The average molecular weight is 366 g/mol. The molecular weight excluding hydrogens is 345 g/mol. The lowest BCUT2D eigenvalue weighted by molar-refractivity contribution is -0.137. The Morgan fingerprint density at radius 1 is 1.08 bits per heavy atom. The van der Waals surface area contributed by atoms with Crippen molar-refractivity contribution in [3.8, 4) is 5.75 Å². The summed E-state index contributed by atoms with van der Waals surface area (Å²) in [4.78, 5) is 11.9. The number of carbonyl (C=O) groups is 1. The van der Waals surface area contributed by atoms with E-state index in [-0.39, 0.29) is 18.4 Å². The third-order valence-electron chi connectivity index (χ3n) is 3.41. The maximum absolute atomic E-state index is 12.5. The zero-order chi connectivity index (χ0) is 19.2. The Kier molecular flexibility index (Phi) is 6.49. The van der Waals surface area contributed by atoms with Crippen molar-refractivity contribution in [1.82, 2.24) is 0 Å². The van der Waals surface area contributed by atoms with Crippen LogP contribution in [0.4, 0.5) is 24.5 Å². The van der Waals surface area contributed by atoms with Gasteiger partial charge in [0.15, 0.2) is 0 Å². The van der Waals surface area contributed by atoms with Crippen LogP contribution in [0.15, 0.2) is 48.5 Å². The fraction of sp³-hybridized carbons (Fsp3) is 0.316. The van der Waals surface area contributed by atoms with Crippen LogP contribution in [0.25, 0.3) is 0 Å². The number of hydrogen-bond donors (Lipinski definition) is 2. The Morgan fingerprint density at radius 2 is 1.73 bits per heavy atom. The van der Waals surface area contributed by atoms with Gasteiger partial charge in [-0.15, -0.1) is 0 Å². The van der Waals surface area contributed by atoms with Crippen molar-refractivity contribution in [3.63, 3.8) is 0 Å². The van der Waals surface area contributed by atoms with Gasteiger partial charge in [-0.25, -0.2) is 0 Å². The summed E-state index contributed by atoms with van der Waals surface area (Å²) in [5.41, 5.74) is 0.356. The molecule has 0 heterocycles. The predicted molar refractivity (Wildman–Crippen MR) is 95.4 cm³/mol. The van der Waals surface area contributed by atoms with Gasteiger partial charge in [-0.2, -0.15) is 13.2 Å². The van der Waals surface area contributed by atoms with Crippen LogP contribution in [0.1, 0.15) is 25.8 Å². The molecule has 26 heavy (non-hydrogen) atoms. The first-order valence-electron chi connectivity index (χ1n) is 8.22. The van der Waals surface area contributed by atoms with Gasteiger partial charge in [-0.05, 0) is 50.2 Å². The highest BCUT2D eigenvalue weighted by molar-refractivity contribution is 5.91. The second-order valence-corrected chi connectivity index (χ2v) is 5.96. The van der Waals surface area contributed by atoms with Crippen LogP contribution in [-0.2, 0) is 11.0 Å². The molecule has 140 valence electrons. The Balaban J connectivity index is 1.84. The van der Waals surface area contributed by atoms with E-state index in [0.29, 0.717) is 18.0 Å². The van der Waals surface area contributed by atoms with E-state index in [1.165, 1.54) is 12.1 Å². The molecule has 0 unspecified atom stereocenters. The SMILES string of the molecule is CC(C)Oc1ccccc1NCCC(=O)Nc1ccc(C(F)(F)F)cc1. The van der Waals surface area contributed by atoms with Crippen molar-refractivity contribution in [3.05, 3.63) is 54.1 Å². The molecular formula is C19H21F3N2O2. The second-order valence-electron chi connectivity index (χ2n) is 5.96. The van der Waals surface area contributed by atoms with E-state index in [4.69, 9.17) is 4.74 Å². The standard InChI is InChI=1S/C19H21F3N2O2/c1-13(2)26-17-6-4-3-5-16(17)23-12-11-18(25)24-15-9-7-14(8-10-15)19(20,21)22/h3-10,13,23H,11-12H2,1-2H3,(H,24,25). The number of hydrogen-bond acceptors (Lipinski definition) is 3. The lowest BCUT2D eigenvalue weighted by Gasteiger charge is -2.15. The van der Waals surface area contributed by atoms with Gasteiger partial charge >= 0.3 is 6.18 Å². The lowest BCUT2D eigenvalue weighted by atomic mass is 10.2. The molecule has 0 atom stereocenters. The number of alkyl halides is 3. The van der Waals surface area contributed by atoms with Crippen molar-refractivity contribution < 1.29 is 22.7 Å². The number of anilines is 2. The monoisotopic (exact) mass is 366 g/mol. The molecule has 0 fully saturated rings. The van der Waals surface area contributed by atoms with E-state index in [2.05, 4.69) is 10.6 Å². The Bertz CT molecular complexity index is 728. The molecule has 2 N–H and O–H groups in total. The number of benzene rings is 2. The van der Waals surface area contributed by atoms with Gasteiger partial charge in [0, 0.05) is 18.7 Å². The highest BCUT2D eigenvalue weighted by atomic mass is 19.4. The topological polar surface area (TPSA) is 50.4 Å². The fourth-order valence-corrected chi connectivity index (χ4v) is 2.25. The first kappa shape index (κ1) is 19.6. The molecule has 1 amide bonds. The van der Waals surface area contributed by atoms with E-state index in [0.717, 1.165) is 17.8 Å². The van der Waals surface area contributed by atoms with Crippen LogP contribution in [0.2, 0.25) is 0 Å². The van der Waals surface area contributed by atoms with E-state index < -0.39 is 11.7 Å². The van der Waals surface area contributed by atoms with Crippen molar-refractivity contribution >= 4 is 17.3 Å². The highest BCUT2D eigenvalue weighted by Crippen LogP contribution is 2.30. The number of carbonyl (C=O) groups excluding carboxylic acids is 1. The van der Waals surface area contributed by atoms with Gasteiger partial charge in [0.25, 0.3) is 0 Å². The summed E-state index contributed by atoms with van der Waals surface area (Å²) in [5.74, 6) is 0.408. The Morgan fingerprint density at radius 3 is 2.35 bits per heavy atom. The summed E-state index contributed by atoms with van der Waals surface area (Å²) in [6.45, 7) is 4.22. The number of halogens is 3. The number of para-hydroxylation sites is 2. The quantitative estimate of drug-likeness (QED) is 0.730. The minimum Gasteiger partial charge on any atom is -0.489 e. The zero-order valence-corrected chi connectivity index (χ0v) is 14.6. The van der Waals surface area contributed by atoms with E-state index in [1.807, 2.05) is 38.1 Å². The molecule has 0 aliphatic rings. The maximum atomic E-state index is 12.5. The molecule has 7 heteroatoms. The first-order chi connectivity index (χ1) is 12.3. The van der Waals surface area contributed by atoms with Gasteiger partial charge in [-0.3, -0.25) is 4.79 Å². The largest absolute Gasteiger partial charge is 0.489 e. The van der Waals surface area contributed by atoms with E-state index in [1.54, 1.807) is 0 Å². The predicted octanol–water partition coefficient (Wildman–Crippen LogP) is 4.93. The van der Waals surface area contributed by atoms with Crippen molar-refractivity contribution in [2.24, 2.45) is 0 Å². The van der Waals surface area contributed by atoms with Crippen molar-refractivity contribution in [1.29, 1.82) is 0 Å². The number of amides is 1. The van der Waals surface area contributed by atoms with Crippen LogP contribution < -0.4 is 15.4 Å². The number of nitrogens with one attached hydrogen (secondary N) is 2. The summed E-state index contributed by atoms with van der Waals surface area (Å²) >= 11 is 0. The highest BCUT2D eigenvalue weighted by Gasteiger charge is 2.29. The summed E-state index contributed by atoms with van der Waals surface area (Å²) in [5, 5.41) is 5.71. The van der Waals surface area contributed by atoms with Crippen LogP contribution in [0.3, 0.4) is 0 Å². The first-order valence-corrected chi connectivity index (χ1v) is 8.22. The Labute approximate surface area is 150 Å². The van der Waals surface area contributed by atoms with Crippen LogP contribution in [-0.4, -0.2) is 18.6 Å². The van der Waals surface area contributed by atoms with Crippen molar-refractivity contribution in [2.45, 2.75) is 32.5 Å². The van der Waals surface area contributed by atoms with E-state index >= 15 is 0 Å². The van der Waals surface area contributed by atoms with Gasteiger partial charge < -0.3 is 15.4 Å². The molecule has 0 aliphatic carbocycles. The van der Waals surface area contributed by atoms with Gasteiger partial charge in [0.1, 0.15) is 5.75 Å². The molecule has 2 rings (SSSR count). The molecule has 0 spiro atoms. The average Bonchev–Trinajstić information content (AvgIpc) is 2.55. The van der Waals surface area contributed by atoms with Crippen molar-refractivity contribution in [2.75, 3.05) is 17.2 Å². The molecule has 0 bridgehead atoms. The number of ether oxygens (including phenoxy) is 1. The smallest absolute Gasteiger partial charge is 0.416 e. The van der Waals surface area contributed by atoms with E-state index in [9.17, 15) is 18.0 Å².